The monoisotopic (exact) mass is 315 g/mol. The summed E-state index contributed by atoms with van der Waals surface area (Å²) < 4.78 is 5.70. The molecular weight excluding hydrogens is 290 g/mol. The third kappa shape index (κ3) is 3.58. The molecule has 4 heteroatoms. The Morgan fingerprint density at radius 2 is 1.96 bits per heavy atom. The quantitative estimate of drug-likeness (QED) is 0.906. The van der Waals surface area contributed by atoms with Gasteiger partial charge in [-0.05, 0) is 74.3 Å². The van der Waals surface area contributed by atoms with E-state index in [4.69, 9.17) is 4.42 Å². The van der Waals surface area contributed by atoms with E-state index in [1.807, 2.05) is 19.1 Å². The van der Waals surface area contributed by atoms with E-state index in [2.05, 4.69) is 18.3 Å². The van der Waals surface area contributed by atoms with Gasteiger partial charge in [0.15, 0.2) is 5.76 Å². The van der Waals surface area contributed by atoms with Crippen LogP contribution in [-0.4, -0.2) is 24.2 Å². The van der Waals surface area contributed by atoms with Crippen LogP contribution < -0.4 is 5.32 Å². The number of hydrogen-bond donors (Lipinski definition) is 2. The Hall–Kier alpha value is -1.81. The fourth-order valence-corrected chi connectivity index (χ4v) is 3.49. The first kappa shape index (κ1) is 16.1. The van der Waals surface area contributed by atoms with Crippen LogP contribution in [-0.2, 0) is 0 Å². The Morgan fingerprint density at radius 1 is 1.22 bits per heavy atom. The normalized spacial score (nSPS) is 21.5. The number of carbonyl (C=O) groups is 1. The topological polar surface area (TPSA) is 62.5 Å². The lowest BCUT2D eigenvalue weighted by atomic mass is 9.82. The number of aliphatic hydroxyl groups is 1. The highest BCUT2D eigenvalue weighted by Gasteiger charge is 2.22. The van der Waals surface area contributed by atoms with Gasteiger partial charge in [0.1, 0.15) is 5.58 Å². The van der Waals surface area contributed by atoms with E-state index in [1.54, 1.807) is 0 Å². The van der Waals surface area contributed by atoms with Crippen LogP contribution in [0, 0.1) is 25.7 Å². The molecule has 0 radical (unpaired) electrons. The molecule has 1 saturated carbocycles. The van der Waals surface area contributed by atoms with Crippen molar-refractivity contribution < 1.29 is 14.3 Å². The van der Waals surface area contributed by atoms with Crippen molar-refractivity contribution in [1.29, 1.82) is 0 Å². The van der Waals surface area contributed by atoms with Crippen molar-refractivity contribution in [3.8, 4) is 0 Å². The van der Waals surface area contributed by atoms with Gasteiger partial charge < -0.3 is 14.8 Å². The van der Waals surface area contributed by atoms with Crippen LogP contribution in [0.2, 0.25) is 0 Å². The molecule has 2 aromatic rings. The fraction of sp³-hybridized carbons (Fsp3) is 0.526. The number of rotatable bonds is 4. The van der Waals surface area contributed by atoms with E-state index >= 15 is 0 Å². The summed E-state index contributed by atoms with van der Waals surface area (Å²) in [6.45, 7) is 5.01. The number of carbonyl (C=O) groups excluding carboxylic acids is 1. The van der Waals surface area contributed by atoms with Crippen molar-refractivity contribution in [3.05, 3.63) is 35.1 Å². The number of fused-ring (bicyclic) bond motifs is 1. The molecule has 2 atom stereocenters. The summed E-state index contributed by atoms with van der Waals surface area (Å²) in [7, 11) is 0. The Labute approximate surface area is 136 Å². The minimum atomic E-state index is -0.150. The summed E-state index contributed by atoms with van der Waals surface area (Å²) in [5.41, 5.74) is 3.12. The van der Waals surface area contributed by atoms with E-state index in [0.717, 1.165) is 42.2 Å². The summed E-state index contributed by atoms with van der Waals surface area (Å²) in [5, 5.41) is 13.2. The number of furan rings is 1. The van der Waals surface area contributed by atoms with Crippen LogP contribution in [0.4, 0.5) is 0 Å². The van der Waals surface area contributed by atoms with Crippen molar-refractivity contribution in [2.24, 2.45) is 11.8 Å². The summed E-state index contributed by atoms with van der Waals surface area (Å²) in [5.74, 6) is 1.07. The third-order valence-electron chi connectivity index (χ3n) is 5.06. The van der Waals surface area contributed by atoms with Crippen molar-refractivity contribution >= 4 is 16.9 Å². The Bertz CT molecular complexity index is 665. The van der Waals surface area contributed by atoms with Gasteiger partial charge in [0.25, 0.3) is 5.91 Å². The smallest absolute Gasteiger partial charge is 0.287 e. The number of amides is 1. The summed E-state index contributed by atoms with van der Waals surface area (Å²) in [4.78, 5) is 12.3. The lowest BCUT2D eigenvalue weighted by Crippen LogP contribution is -2.32. The summed E-state index contributed by atoms with van der Waals surface area (Å²) >= 11 is 0. The van der Waals surface area contributed by atoms with Crippen LogP contribution in [0.15, 0.2) is 22.6 Å². The molecule has 1 aromatic carbocycles. The molecule has 124 valence electrons. The molecular formula is C19H25NO3. The number of nitrogens with one attached hydrogen (secondary N) is 1. The predicted octanol–water partition coefficient (Wildman–Crippen LogP) is 3.58. The van der Waals surface area contributed by atoms with Gasteiger partial charge in [0, 0.05) is 18.5 Å². The minimum absolute atomic E-state index is 0.150. The first-order valence-electron chi connectivity index (χ1n) is 8.46. The molecule has 3 rings (SSSR count). The second-order valence-corrected chi connectivity index (χ2v) is 6.88. The average Bonchev–Trinajstić information content (AvgIpc) is 2.96. The fourth-order valence-electron chi connectivity index (χ4n) is 3.49. The highest BCUT2D eigenvalue weighted by atomic mass is 16.3. The molecule has 4 nitrogen and oxygen atoms in total. The molecule has 0 aliphatic heterocycles. The van der Waals surface area contributed by atoms with Crippen molar-refractivity contribution in [1.82, 2.24) is 5.32 Å². The second kappa shape index (κ2) is 6.75. The van der Waals surface area contributed by atoms with Gasteiger partial charge in [-0.1, -0.05) is 6.42 Å². The van der Waals surface area contributed by atoms with Gasteiger partial charge in [-0.3, -0.25) is 4.79 Å². The van der Waals surface area contributed by atoms with Crippen LogP contribution in [0.25, 0.3) is 11.0 Å². The Morgan fingerprint density at radius 3 is 2.74 bits per heavy atom. The van der Waals surface area contributed by atoms with E-state index in [1.165, 1.54) is 5.56 Å². The number of benzene rings is 1. The molecule has 23 heavy (non-hydrogen) atoms. The van der Waals surface area contributed by atoms with E-state index in [9.17, 15) is 9.90 Å². The second-order valence-electron chi connectivity index (χ2n) is 6.88. The van der Waals surface area contributed by atoms with E-state index in [-0.39, 0.29) is 12.5 Å². The number of aryl methyl sites for hydroxylation is 2. The molecule has 1 fully saturated rings. The molecule has 1 amide bonds. The van der Waals surface area contributed by atoms with Crippen LogP contribution in [0.3, 0.4) is 0 Å². The maximum atomic E-state index is 12.3. The molecule has 0 spiro atoms. The molecule has 0 bridgehead atoms. The largest absolute Gasteiger partial charge is 0.451 e. The molecule has 0 unspecified atom stereocenters. The van der Waals surface area contributed by atoms with Crippen molar-refractivity contribution in [2.75, 3.05) is 13.2 Å². The average molecular weight is 315 g/mol. The molecule has 1 aliphatic carbocycles. The zero-order chi connectivity index (χ0) is 16.4. The van der Waals surface area contributed by atoms with Gasteiger partial charge in [-0.15, -0.1) is 0 Å². The standard InChI is InChI=1S/C19H25NO3/c1-12-6-16-9-18(23-17(16)7-13(12)2)19(22)20-10-14-4-3-5-15(8-14)11-21/h6-7,9,14-15,21H,3-5,8,10-11H2,1-2H3,(H,20,22)/t14-,15+/m0/s1. The minimum Gasteiger partial charge on any atom is -0.451 e. The Balaban J connectivity index is 1.64. The number of aliphatic hydroxyl groups excluding tert-OH is 1. The lowest BCUT2D eigenvalue weighted by molar-refractivity contribution is 0.0909. The molecule has 2 N–H and O–H groups in total. The summed E-state index contributed by atoms with van der Waals surface area (Å²) in [6.07, 6.45) is 4.35. The predicted molar refractivity (Wildman–Crippen MR) is 90.6 cm³/mol. The molecule has 0 saturated heterocycles. The lowest BCUT2D eigenvalue weighted by Gasteiger charge is -2.27. The zero-order valence-electron chi connectivity index (χ0n) is 13.9. The molecule has 1 heterocycles. The van der Waals surface area contributed by atoms with Crippen molar-refractivity contribution in [2.45, 2.75) is 39.5 Å². The van der Waals surface area contributed by atoms with Crippen LogP contribution >= 0.6 is 0 Å². The van der Waals surface area contributed by atoms with Crippen LogP contribution in [0.5, 0.6) is 0 Å². The third-order valence-corrected chi connectivity index (χ3v) is 5.06. The van der Waals surface area contributed by atoms with Crippen molar-refractivity contribution in [3.63, 3.8) is 0 Å². The maximum absolute atomic E-state index is 12.3. The number of hydrogen-bond acceptors (Lipinski definition) is 3. The SMILES string of the molecule is Cc1cc2cc(C(=O)NC[C@H]3CCC[C@@H](CO)C3)oc2cc1C. The molecule has 1 aromatic heterocycles. The van der Waals surface area contributed by atoms with Gasteiger partial charge in [0.05, 0.1) is 0 Å². The molecule has 1 aliphatic rings. The maximum Gasteiger partial charge on any atom is 0.287 e. The van der Waals surface area contributed by atoms with Gasteiger partial charge in [0.2, 0.25) is 0 Å². The van der Waals surface area contributed by atoms with E-state index < -0.39 is 0 Å². The van der Waals surface area contributed by atoms with E-state index in [0.29, 0.717) is 24.1 Å². The Kier molecular flexibility index (Phi) is 4.71. The summed E-state index contributed by atoms with van der Waals surface area (Å²) in [6, 6.07) is 5.85. The van der Waals surface area contributed by atoms with Crippen LogP contribution in [0.1, 0.15) is 47.4 Å². The highest BCUT2D eigenvalue weighted by molar-refractivity contribution is 5.96. The zero-order valence-corrected chi connectivity index (χ0v) is 13.9. The van der Waals surface area contributed by atoms with Gasteiger partial charge in [-0.2, -0.15) is 0 Å². The van der Waals surface area contributed by atoms with Gasteiger partial charge in [-0.25, -0.2) is 0 Å². The first-order chi connectivity index (χ1) is 11.1. The van der Waals surface area contributed by atoms with Gasteiger partial charge >= 0.3 is 0 Å². The first-order valence-corrected chi connectivity index (χ1v) is 8.46. The highest BCUT2D eigenvalue weighted by Crippen LogP contribution is 2.28.